The number of ether oxygens (including phenoxy) is 1. The van der Waals surface area contributed by atoms with Crippen LogP contribution < -0.4 is 15.6 Å². The first-order valence-corrected chi connectivity index (χ1v) is 8.06. The van der Waals surface area contributed by atoms with Crippen molar-refractivity contribution in [2.75, 3.05) is 6.61 Å². The summed E-state index contributed by atoms with van der Waals surface area (Å²) in [6.07, 6.45) is 4.03. The van der Waals surface area contributed by atoms with Crippen molar-refractivity contribution in [3.05, 3.63) is 29.8 Å². The molecule has 2 amide bonds. The number of unbranched alkanes of at least 4 members (excludes halogenated alkanes) is 3. The van der Waals surface area contributed by atoms with Gasteiger partial charge in [-0.2, -0.15) is 0 Å². The van der Waals surface area contributed by atoms with Crippen molar-refractivity contribution in [2.24, 2.45) is 0 Å². The van der Waals surface area contributed by atoms with Crippen molar-refractivity contribution in [3.8, 4) is 5.75 Å². The fraction of sp³-hybridized carbons (Fsp3) is 0.471. The van der Waals surface area contributed by atoms with E-state index in [0.29, 0.717) is 17.9 Å². The van der Waals surface area contributed by atoms with E-state index in [1.807, 2.05) is 0 Å². The van der Waals surface area contributed by atoms with Crippen LogP contribution in [0.15, 0.2) is 24.3 Å². The zero-order chi connectivity index (χ0) is 17.8. The molecule has 3 N–H and O–H groups in total. The molecule has 0 aromatic heterocycles. The first kappa shape index (κ1) is 19.5. The van der Waals surface area contributed by atoms with E-state index in [9.17, 15) is 14.4 Å². The molecular weight excluding hydrogens is 312 g/mol. The molecule has 0 saturated heterocycles. The number of amides is 2. The molecule has 0 unspecified atom stereocenters. The third-order valence-electron chi connectivity index (χ3n) is 3.26. The second-order valence-electron chi connectivity index (χ2n) is 5.33. The van der Waals surface area contributed by atoms with Gasteiger partial charge in [-0.15, -0.1) is 0 Å². The molecule has 24 heavy (non-hydrogen) atoms. The summed E-state index contributed by atoms with van der Waals surface area (Å²) in [6.45, 7) is 2.80. The highest BCUT2D eigenvalue weighted by molar-refractivity contribution is 5.95. The summed E-state index contributed by atoms with van der Waals surface area (Å²) < 4.78 is 5.58. The Kier molecular flexibility index (Phi) is 8.96. The van der Waals surface area contributed by atoms with Gasteiger partial charge in [-0.1, -0.05) is 26.2 Å². The maximum Gasteiger partial charge on any atom is 0.303 e. The minimum atomic E-state index is -1.07. The first-order chi connectivity index (χ1) is 11.5. The number of carbonyl (C=O) groups excluding carboxylic acids is 2. The largest absolute Gasteiger partial charge is 0.494 e. The number of aliphatic carboxylic acids is 1. The van der Waals surface area contributed by atoms with Gasteiger partial charge in [0.15, 0.2) is 0 Å². The van der Waals surface area contributed by atoms with Crippen LogP contribution in [0, 0.1) is 0 Å². The molecule has 0 saturated carbocycles. The number of hydrogen-bond acceptors (Lipinski definition) is 4. The van der Waals surface area contributed by atoms with Crippen molar-refractivity contribution >= 4 is 17.8 Å². The molecule has 1 aromatic carbocycles. The van der Waals surface area contributed by atoms with Crippen LogP contribution in [0.3, 0.4) is 0 Å². The molecular formula is C17H24N2O5. The SMILES string of the molecule is CCCCCCOc1ccc(C(=O)NNC(=O)CCC(=O)O)cc1. The minimum Gasteiger partial charge on any atom is -0.494 e. The smallest absolute Gasteiger partial charge is 0.303 e. The number of carboxylic acids is 1. The van der Waals surface area contributed by atoms with Crippen LogP contribution in [0.4, 0.5) is 0 Å². The highest BCUT2D eigenvalue weighted by atomic mass is 16.5. The van der Waals surface area contributed by atoms with Crippen LogP contribution in [0.2, 0.25) is 0 Å². The molecule has 132 valence electrons. The zero-order valence-electron chi connectivity index (χ0n) is 13.8. The lowest BCUT2D eigenvalue weighted by molar-refractivity contribution is -0.138. The van der Waals surface area contributed by atoms with E-state index in [-0.39, 0.29) is 12.8 Å². The summed E-state index contributed by atoms with van der Waals surface area (Å²) in [7, 11) is 0. The summed E-state index contributed by atoms with van der Waals surface area (Å²) in [5.41, 5.74) is 4.78. The van der Waals surface area contributed by atoms with E-state index < -0.39 is 17.8 Å². The van der Waals surface area contributed by atoms with Crippen LogP contribution in [0.25, 0.3) is 0 Å². The molecule has 7 nitrogen and oxygen atoms in total. The molecule has 0 radical (unpaired) electrons. The van der Waals surface area contributed by atoms with Crippen LogP contribution in [0.1, 0.15) is 55.8 Å². The lowest BCUT2D eigenvalue weighted by atomic mass is 10.2. The van der Waals surface area contributed by atoms with Gasteiger partial charge in [-0.3, -0.25) is 25.2 Å². The first-order valence-electron chi connectivity index (χ1n) is 8.06. The minimum absolute atomic E-state index is 0.194. The topological polar surface area (TPSA) is 105 Å². The standard InChI is InChI=1S/C17H24N2O5/c1-2-3-4-5-12-24-14-8-6-13(7-9-14)17(23)19-18-15(20)10-11-16(21)22/h6-9H,2-5,10-12H2,1H3,(H,18,20)(H,19,23)(H,21,22). The van der Waals surface area contributed by atoms with Gasteiger partial charge in [-0.05, 0) is 30.7 Å². The number of carbonyl (C=O) groups is 3. The summed E-state index contributed by atoms with van der Waals surface area (Å²) in [5, 5.41) is 8.47. The Morgan fingerprint density at radius 2 is 1.71 bits per heavy atom. The Labute approximate surface area is 141 Å². The number of hydrazine groups is 1. The van der Waals surface area contributed by atoms with Crippen molar-refractivity contribution in [3.63, 3.8) is 0 Å². The van der Waals surface area contributed by atoms with E-state index in [4.69, 9.17) is 9.84 Å². The number of carboxylic acid groups (broad SMARTS) is 1. The number of rotatable bonds is 10. The van der Waals surface area contributed by atoms with E-state index >= 15 is 0 Å². The average molecular weight is 336 g/mol. The molecule has 0 heterocycles. The van der Waals surface area contributed by atoms with E-state index in [0.717, 1.165) is 12.8 Å². The van der Waals surface area contributed by atoms with Gasteiger partial charge < -0.3 is 9.84 Å². The number of nitrogens with one attached hydrogen (secondary N) is 2. The fourth-order valence-electron chi connectivity index (χ4n) is 1.90. The van der Waals surface area contributed by atoms with Crippen LogP contribution in [-0.2, 0) is 9.59 Å². The molecule has 0 bridgehead atoms. The van der Waals surface area contributed by atoms with Gasteiger partial charge in [0.2, 0.25) is 5.91 Å². The average Bonchev–Trinajstić information content (AvgIpc) is 2.58. The Balaban J connectivity index is 2.32. The van der Waals surface area contributed by atoms with Gasteiger partial charge in [0.05, 0.1) is 13.0 Å². The van der Waals surface area contributed by atoms with Crippen LogP contribution >= 0.6 is 0 Å². The van der Waals surface area contributed by atoms with Crippen molar-refractivity contribution in [1.82, 2.24) is 10.9 Å². The monoisotopic (exact) mass is 336 g/mol. The predicted octanol–water partition coefficient (Wildman–Crippen LogP) is 2.27. The molecule has 0 atom stereocenters. The molecule has 0 spiro atoms. The normalized spacial score (nSPS) is 10.0. The summed E-state index contributed by atoms with van der Waals surface area (Å²) >= 11 is 0. The predicted molar refractivity (Wildman–Crippen MR) is 88.6 cm³/mol. The van der Waals surface area contributed by atoms with Gasteiger partial charge in [0.1, 0.15) is 5.75 Å². The molecule has 0 fully saturated rings. The van der Waals surface area contributed by atoms with Crippen LogP contribution in [0.5, 0.6) is 5.75 Å². The van der Waals surface area contributed by atoms with Gasteiger partial charge in [0.25, 0.3) is 5.91 Å². The third kappa shape index (κ3) is 8.17. The Morgan fingerprint density at radius 3 is 2.33 bits per heavy atom. The fourth-order valence-corrected chi connectivity index (χ4v) is 1.90. The number of benzene rings is 1. The van der Waals surface area contributed by atoms with E-state index in [1.54, 1.807) is 24.3 Å². The lowest BCUT2D eigenvalue weighted by Gasteiger charge is -2.08. The Morgan fingerprint density at radius 1 is 1.00 bits per heavy atom. The number of hydrogen-bond donors (Lipinski definition) is 3. The summed E-state index contributed by atoms with van der Waals surface area (Å²) in [4.78, 5) is 33.5. The quantitative estimate of drug-likeness (QED) is 0.449. The maximum atomic E-state index is 11.8. The highest BCUT2D eigenvalue weighted by Gasteiger charge is 2.09. The van der Waals surface area contributed by atoms with Gasteiger partial charge >= 0.3 is 5.97 Å². The van der Waals surface area contributed by atoms with Crippen LogP contribution in [-0.4, -0.2) is 29.5 Å². The second kappa shape index (κ2) is 11.0. The van der Waals surface area contributed by atoms with E-state index in [1.165, 1.54) is 12.8 Å². The molecule has 1 aromatic rings. The summed E-state index contributed by atoms with van der Waals surface area (Å²) in [6, 6.07) is 6.59. The molecule has 0 aliphatic carbocycles. The second-order valence-corrected chi connectivity index (χ2v) is 5.33. The van der Waals surface area contributed by atoms with Crippen molar-refractivity contribution in [1.29, 1.82) is 0 Å². The third-order valence-corrected chi connectivity index (χ3v) is 3.26. The molecule has 0 aliphatic rings. The van der Waals surface area contributed by atoms with Crippen molar-refractivity contribution in [2.45, 2.75) is 45.4 Å². The molecule has 7 heteroatoms. The van der Waals surface area contributed by atoms with Gasteiger partial charge in [0, 0.05) is 12.0 Å². The lowest BCUT2D eigenvalue weighted by Crippen LogP contribution is -2.41. The molecule has 1 rings (SSSR count). The maximum absolute atomic E-state index is 11.8. The van der Waals surface area contributed by atoms with Crippen molar-refractivity contribution < 1.29 is 24.2 Å². The zero-order valence-corrected chi connectivity index (χ0v) is 13.8. The highest BCUT2D eigenvalue weighted by Crippen LogP contribution is 2.13. The van der Waals surface area contributed by atoms with E-state index in [2.05, 4.69) is 17.8 Å². The van der Waals surface area contributed by atoms with Gasteiger partial charge in [-0.25, -0.2) is 0 Å². The summed E-state index contributed by atoms with van der Waals surface area (Å²) in [5.74, 6) is -1.42. The Bertz CT molecular complexity index is 542. The Hall–Kier alpha value is -2.57. The molecule has 0 aliphatic heterocycles.